The number of fused-ring (bicyclic) bond motifs is 1. The van der Waals surface area contributed by atoms with Crippen LogP contribution in [0, 0.1) is 5.92 Å². The smallest absolute Gasteiger partial charge is 0.00852 e. The first-order chi connectivity index (χ1) is 6.72. The van der Waals surface area contributed by atoms with Crippen molar-refractivity contribution < 1.29 is 0 Å². The van der Waals surface area contributed by atoms with Gasteiger partial charge in [0.25, 0.3) is 0 Å². The van der Waals surface area contributed by atoms with E-state index in [1.54, 1.807) is 0 Å². The predicted octanol–water partition coefficient (Wildman–Crippen LogP) is 3.84. The van der Waals surface area contributed by atoms with E-state index in [0.29, 0.717) is 5.92 Å². The summed E-state index contributed by atoms with van der Waals surface area (Å²) < 4.78 is 0. The van der Waals surface area contributed by atoms with Gasteiger partial charge in [-0.25, -0.2) is 0 Å². The molecule has 0 N–H and O–H groups in total. The summed E-state index contributed by atoms with van der Waals surface area (Å²) >= 11 is 0. The molecule has 0 bridgehead atoms. The van der Waals surface area contributed by atoms with E-state index in [1.165, 1.54) is 22.3 Å². The van der Waals surface area contributed by atoms with Crippen molar-refractivity contribution in [2.24, 2.45) is 5.92 Å². The molecule has 1 aliphatic rings. The number of aryl methyl sites for hydroxylation is 1. The first kappa shape index (κ1) is 9.51. The van der Waals surface area contributed by atoms with E-state index in [2.05, 4.69) is 45.0 Å². The van der Waals surface area contributed by atoms with Gasteiger partial charge in [-0.05, 0) is 41.0 Å². The molecule has 0 atom stereocenters. The summed E-state index contributed by atoms with van der Waals surface area (Å²) in [6.45, 7) is 6.76. The van der Waals surface area contributed by atoms with Crippen LogP contribution < -0.4 is 0 Å². The fraction of sp³-hybridized carbons (Fsp3) is 0.429. The van der Waals surface area contributed by atoms with Gasteiger partial charge in [0, 0.05) is 0 Å². The molecule has 1 aliphatic carbocycles. The molecule has 0 aromatic heterocycles. The van der Waals surface area contributed by atoms with Gasteiger partial charge in [0.15, 0.2) is 0 Å². The molecular weight excluding hydrogens is 168 g/mol. The average Bonchev–Trinajstić information content (AvgIpc) is 2.59. The first-order valence-electron chi connectivity index (χ1n) is 5.54. The van der Waals surface area contributed by atoms with Crippen molar-refractivity contribution in [2.75, 3.05) is 0 Å². The normalized spacial score (nSPS) is 14.4. The minimum absolute atomic E-state index is 0.656. The van der Waals surface area contributed by atoms with Gasteiger partial charge < -0.3 is 0 Å². The van der Waals surface area contributed by atoms with Gasteiger partial charge >= 0.3 is 0 Å². The van der Waals surface area contributed by atoms with Gasteiger partial charge in [-0.1, -0.05) is 45.0 Å². The van der Waals surface area contributed by atoms with Gasteiger partial charge in [-0.15, -0.1) is 0 Å². The second-order valence-corrected chi connectivity index (χ2v) is 4.36. The fourth-order valence-corrected chi connectivity index (χ4v) is 2.19. The highest BCUT2D eigenvalue weighted by Gasteiger charge is 2.16. The summed E-state index contributed by atoms with van der Waals surface area (Å²) in [5, 5.41) is 0. The molecule has 1 aromatic carbocycles. The number of benzene rings is 1. The molecular formula is C14H18. The third-order valence-corrected chi connectivity index (χ3v) is 3.05. The Bertz CT molecular complexity index is 370. The van der Waals surface area contributed by atoms with Crippen LogP contribution in [0.5, 0.6) is 0 Å². The first-order valence-corrected chi connectivity index (χ1v) is 5.54. The summed E-state index contributed by atoms with van der Waals surface area (Å²) in [5.74, 6) is 0.656. The van der Waals surface area contributed by atoms with E-state index in [4.69, 9.17) is 0 Å². The van der Waals surface area contributed by atoms with Crippen LogP contribution >= 0.6 is 0 Å². The Morgan fingerprint density at radius 3 is 2.71 bits per heavy atom. The summed E-state index contributed by atoms with van der Waals surface area (Å²) in [5.41, 5.74) is 6.00. The molecule has 0 nitrogen and oxygen atoms in total. The summed E-state index contributed by atoms with van der Waals surface area (Å²) in [6.07, 6.45) is 4.66. The van der Waals surface area contributed by atoms with E-state index in [1.807, 2.05) is 0 Å². The Morgan fingerprint density at radius 1 is 1.29 bits per heavy atom. The zero-order valence-electron chi connectivity index (χ0n) is 9.30. The number of rotatable bonds is 2. The van der Waals surface area contributed by atoms with Crippen LogP contribution in [0.25, 0.3) is 5.57 Å². The van der Waals surface area contributed by atoms with E-state index in [0.717, 1.165) is 12.8 Å². The molecule has 0 fully saturated rings. The standard InChI is InChI=1S/C14H18/c1-4-11-5-7-14-12(9-11)6-8-13(14)10(2)3/h5,7-10H,4,6H2,1-3H3. The monoisotopic (exact) mass is 186 g/mol. The molecule has 0 amide bonds. The Labute approximate surface area is 86.7 Å². The highest BCUT2D eigenvalue weighted by molar-refractivity contribution is 5.74. The zero-order valence-corrected chi connectivity index (χ0v) is 9.30. The number of allylic oxidation sites excluding steroid dienone is 2. The molecule has 2 rings (SSSR count). The second-order valence-electron chi connectivity index (χ2n) is 4.36. The highest BCUT2D eigenvalue weighted by Crippen LogP contribution is 2.33. The SMILES string of the molecule is CCc1ccc2c(c1)CC=C2C(C)C. The van der Waals surface area contributed by atoms with Crippen LogP contribution in [0.2, 0.25) is 0 Å². The predicted molar refractivity (Wildman–Crippen MR) is 62.3 cm³/mol. The maximum absolute atomic E-state index is 2.38. The van der Waals surface area contributed by atoms with Crippen molar-refractivity contribution in [2.45, 2.75) is 33.6 Å². The lowest BCUT2D eigenvalue weighted by atomic mass is 9.95. The Kier molecular flexibility index (Phi) is 2.45. The lowest BCUT2D eigenvalue weighted by Gasteiger charge is -2.10. The van der Waals surface area contributed by atoms with Gasteiger partial charge in [0.1, 0.15) is 0 Å². The number of hydrogen-bond donors (Lipinski definition) is 0. The third kappa shape index (κ3) is 1.50. The second kappa shape index (κ2) is 3.61. The molecule has 0 radical (unpaired) electrons. The van der Waals surface area contributed by atoms with Crippen LogP contribution in [0.3, 0.4) is 0 Å². The van der Waals surface area contributed by atoms with Crippen LogP contribution in [-0.4, -0.2) is 0 Å². The van der Waals surface area contributed by atoms with Crippen molar-refractivity contribution in [3.05, 3.63) is 41.0 Å². The van der Waals surface area contributed by atoms with Crippen LogP contribution in [-0.2, 0) is 12.8 Å². The van der Waals surface area contributed by atoms with Crippen LogP contribution in [0.4, 0.5) is 0 Å². The molecule has 0 spiro atoms. The molecule has 0 saturated carbocycles. The molecule has 0 unspecified atom stereocenters. The van der Waals surface area contributed by atoms with Gasteiger partial charge in [-0.2, -0.15) is 0 Å². The van der Waals surface area contributed by atoms with Crippen LogP contribution in [0.1, 0.15) is 37.5 Å². The molecule has 74 valence electrons. The number of hydrogen-bond acceptors (Lipinski definition) is 0. The topological polar surface area (TPSA) is 0 Å². The maximum atomic E-state index is 2.38. The molecule has 0 saturated heterocycles. The van der Waals surface area contributed by atoms with Gasteiger partial charge in [0.05, 0.1) is 0 Å². The summed E-state index contributed by atoms with van der Waals surface area (Å²) in [7, 11) is 0. The minimum Gasteiger partial charge on any atom is -0.0760 e. The summed E-state index contributed by atoms with van der Waals surface area (Å²) in [6, 6.07) is 6.93. The molecule has 0 aliphatic heterocycles. The fourth-order valence-electron chi connectivity index (χ4n) is 2.19. The molecule has 0 heteroatoms. The molecule has 14 heavy (non-hydrogen) atoms. The van der Waals surface area contributed by atoms with Crippen LogP contribution in [0.15, 0.2) is 24.3 Å². The highest BCUT2D eigenvalue weighted by atomic mass is 14.2. The molecule has 0 heterocycles. The van der Waals surface area contributed by atoms with E-state index < -0.39 is 0 Å². The zero-order chi connectivity index (χ0) is 10.1. The van der Waals surface area contributed by atoms with Crippen molar-refractivity contribution in [1.82, 2.24) is 0 Å². The van der Waals surface area contributed by atoms with Crippen molar-refractivity contribution >= 4 is 5.57 Å². The lowest BCUT2D eigenvalue weighted by molar-refractivity contribution is 0.857. The van der Waals surface area contributed by atoms with E-state index >= 15 is 0 Å². The van der Waals surface area contributed by atoms with Crippen molar-refractivity contribution in [3.8, 4) is 0 Å². The Hall–Kier alpha value is -1.04. The van der Waals surface area contributed by atoms with Crippen molar-refractivity contribution in [3.63, 3.8) is 0 Å². The Morgan fingerprint density at radius 2 is 2.07 bits per heavy atom. The van der Waals surface area contributed by atoms with E-state index in [-0.39, 0.29) is 0 Å². The summed E-state index contributed by atoms with van der Waals surface area (Å²) in [4.78, 5) is 0. The molecule has 1 aromatic rings. The van der Waals surface area contributed by atoms with E-state index in [9.17, 15) is 0 Å². The third-order valence-electron chi connectivity index (χ3n) is 3.05. The van der Waals surface area contributed by atoms with Crippen molar-refractivity contribution in [1.29, 1.82) is 0 Å². The average molecular weight is 186 g/mol. The maximum Gasteiger partial charge on any atom is -0.00852 e. The largest absolute Gasteiger partial charge is 0.0760 e. The lowest BCUT2D eigenvalue weighted by Crippen LogP contribution is -1.93. The van der Waals surface area contributed by atoms with Gasteiger partial charge in [0.2, 0.25) is 0 Å². The quantitative estimate of drug-likeness (QED) is 0.658. The van der Waals surface area contributed by atoms with Gasteiger partial charge in [-0.3, -0.25) is 0 Å². The Balaban J connectivity index is 2.39. The minimum atomic E-state index is 0.656.